The van der Waals surface area contributed by atoms with E-state index in [1.54, 1.807) is 48.7 Å². The molecule has 0 spiro atoms. The fourth-order valence-electron chi connectivity index (χ4n) is 3.24. The highest BCUT2D eigenvalue weighted by Crippen LogP contribution is 2.34. The van der Waals surface area contributed by atoms with Crippen molar-refractivity contribution in [3.63, 3.8) is 0 Å². The molecule has 0 amide bonds. The van der Waals surface area contributed by atoms with Gasteiger partial charge in [-0.1, -0.05) is 30.3 Å². The minimum Gasteiger partial charge on any atom is -0.420 e. The first-order valence-corrected chi connectivity index (χ1v) is 9.40. The first-order valence-electron chi connectivity index (χ1n) is 9.40. The molecule has 154 valence electrons. The van der Waals surface area contributed by atoms with Gasteiger partial charge in [0.1, 0.15) is 17.7 Å². The summed E-state index contributed by atoms with van der Waals surface area (Å²) in [7, 11) is 0. The number of rotatable bonds is 4. The van der Waals surface area contributed by atoms with Crippen LogP contribution < -0.4 is 10.5 Å². The van der Waals surface area contributed by atoms with E-state index in [9.17, 15) is 9.65 Å². The van der Waals surface area contributed by atoms with Crippen molar-refractivity contribution in [3.05, 3.63) is 78.5 Å². The van der Waals surface area contributed by atoms with Crippen LogP contribution in [0.5, 0.6) is 11.8 Å². The number of fused-ring (bicyclic) bond motifs is 1. The average molecular weight is 424 g/mol. The molecule has 9 nitrogen and oxygen atoms in total. The van der Waals surface area contributed by atoms with Crippen molar-refractivity contribution in [3.8, 4) is 40.5 Å². The standard InChI is InChI=1S/C22H13FN8O/c23-15-7-3-4-8-17(15)32-22-29-21-20(25)28-18(14-6-2-1-5-13(14)11-24)19(31(21)30-22)16-9-10-26-12-27-16/h1-10,12H,(H2,25,28). The van der Waals surface area contributed by atoms with Crippen molar-refractivity contribution in [1.82, 2.24) is 29.5 Å². The van der Waals surface area contributed by atoms with Crippen molar-refractivity contribution in [2.75, 3.05) is 5.73 Å². The van der Waals surface area contributed by atoms with Crippen LogP contribution in [0.2, 0.25) is 0 Å². The van der Waals surface area contributed by atoms with E-state index in [1.807, 2.05) is 0 Å². The number of para-hydroxylation sites is 1. The van der Waals surface area contributed by atoms with Crippen LogP contribution in [0.1, 0.15) is 5.56 Å². The van der Waals surface area contributed by atoms with Crippen LogP contribution in [0.4, 0.5) is 10.2 Å². The SMILES string of the molecule is N#Cc1ccccc1-c1nc(N)c2nc(Oc3ccccc3F)nn2c1-c1ccncn1. The van der Waals surface area contributed by atoms with Crippen molar-refractivity contribution in [1.29, 1.82) is 5.26 Å². The third kappa shape index (κ3) is 3.23. The number of nitrogens with zero attached hydrogens (tertiary/aromatic N) is 7. The molecule has 0 aliphatic carbocycles. The molecule has 32 heavy (non-hydrogen) atoms. The molecule has 0 radical (unpaired) electrons. The van der Waals surface area contributed by atoms with Gasteiger partial charge in [-0.3, -0.25) is 0 Å². The van der Waals surface area contributed by atoms with E-state index in [4.69, 9.17) is 10.5 Å². The van der Waals surface area contributed by atoms with E-state index >= 15 is 0 Å². The largest absolute Gasteiger partial charge is 0.420 e. The Bertz CT molecular complexity index is 1490. The first-order chi connectivity index (χ1) is 15.7. The number of hydrogen-bond acceptors (Lipinski definition) is 8. The summed E-state index contributed by atoms with van der Waals surface area (Å²) in [6, 6.07) is 16.6. The van der Waals surface area contributed by atoms with Crippen molar-refractivity contribution < 1.29 is 9.13 Å². The fourth-order valence-corrected chi connectivity index (χ4v) is 3.24. The molecule has 2 N–H and O–H groups in total. The topological polar surface area (TPSA) is 128 Å². The van der Waals surface area contributed by atoms with Gasteiger partial charge in [0.15, 0.2) is 17.4 Å². The maximum atomic E-state index is 14.1. The summed E-state index contributed by atoms with van der Waals surface area (Å²) in [5, 5.41) is 14.0. The lowest BCUT2D eigenvalue weighted by Crippen LogP contribution is -2.06. The molecule has 0 aliphatic rings. The highest BCUT2D eigenvalue weighted by Gasteiger charge is 2.23. The number of nitrogen functional groups attached to an aromatic ring is 1. The number of halogens is 1. The fraction of sp³-hybridized carbons (Fsp3) is 0. The lowest BCUT2D eigenvalue weighted by atomic mass is 10.0. The highest BCUT2D eigenvalue weighted by atomic mass is 19.1. The van der Waals surface area contributed by atoms with Crippen LogP contribution in [-0.4, -0.2) is 29.5 Å². The Morgan fingerprint density at radius 3 is 2.62 bits per heavy atom. The van der Waals surface area contributed by atoms with E-state index in [2.05, 4.69) is 31.1 Å². The molecule has 5 aromatic rings. The molecule has 0 unspecified atom stereocenters. The molecule has 2 aromatic carbocycles. The summed E-state index contributed by atoms with van der Waals surface area (Å²) < 4.78 is 21.0. The van der Waals surface area contributed by atoms with Crippen LogP contribution >= 0.6 is 0 Å². The Labute approximate surface area is 180 Å². The first kappa shape index (κ1) is 19.1. The van der Waals surface area contributed by atoms with Crippen LogP contribution in [0.15, 0.2) is 67.1 Å². The molecule has 0 fully saturated rings. The van der Waals surface area contributed by atoms with Crippen LogP contribution in [0.3, 0.4) is 0 Å². The predicted molar refractivity (Wildman–Crippen MR) is 113 cm³/mol. The van der Waals surface area contributed by atoms with E-state index in [0.717, 1.165) is 0 Å². The number of benzene rings is 2. The molecular weight excluding hydrogens is 411 g/mol. The third-order valence-electron chi connectivity index (χ3n) is 4.65. The second-order valence-corrected chi connectivity index (χ2v) is 6.61. The second-order valence-electron chi connectivity index (χ2n) is 6.61. The van der Waals surface area contributed by atoms with Crippen LogP contribution in [-0.2, 0) is 0 Å². The van der Waals surface area contributed by atoms with E-state index in [0.29, 0.717) is 28.2 Å². The van der Waals surface area contributed by atoms with Crippen molar-refractivity contribution in [2.45, 2.75) is 0 Å². The number of ether oxygens (including phenoxy) is 1. The summed E-state index contributed by atoms with van der Waals surface area (Å²) in [6.45, 7) is 0. The minimum absolute atomic E-state index is 0.0337. The van der Waals surface area contributed by atoms with Crippen LogP contribution in [0.25, 0.3) is 28.3 Å². The quantitative estimate of drug-likeness (QED) is 0.463. The molecule has 0 bridgehead atoms. The zero-order valence-electron chi connectivity index (χ0n) is 16.3. The summed E-state index contributed by atoms with van der Waals surface area (Å²) in [6.07, 6.45) is 2.95. The molecule has 10 heteroatoms. The molecule has 0 atom stereocenters. The zero-order valence-corrected chi connectivity index (χ0v) is 16.3. The zero-order chi connectivity index (χ0) is 22.1. The van der Waals surface area contributed by atoms with Gasteiger partial charge >= 0.3 is 6.01 Å². The normalized spacial score (nSPS) is 10.8. The Balaban J connectivity index is 1.78. The van der Waals surface area contributed by atoms with Gasteiger partial charge in [0.25, 0.3) is 0 Å². The average Bonchev–Trinajstić information content (AvgIpc) is 3.25. The molecule has 0 aliphatic heterocycles. The van der Waals surface area contributed by atoms with Crippen molar-refractivity contribution in [2.24, 2.45) is 0 Å². The third-order valence-corrected chi connectivity index (χ3v) is 4.65. The lowest BCUT2D eigenvalue weighted by molar-refractivity contribution is 0.412. The van der Waals surface area contributed by atoms with Crippen LogP contribution in [0, 0.1) is 17.1 Å². The van der Waals surface area contributed by atoms with Gasteiger partial charge in [-0.05, 0) is 24.3 Å². The van der Waals surface area contributed by atoms with Gasteiger partial charge in [0.05, 0.1) is 17.3 Å². The summed E-state index contributed by atoms with van der Waals surface area (Å²) in [5.41, 5.74) is 8.62. The number of aromatic nitrogens is 6. The van der Waals surface area contributed by atoms with Gasteiger partial charge in [-0.25, -0.2) is 23.9 Å². The van der Waals surface area contributed by atoms with E-state index < -0.39 is 5.82 Å². The summed E-state index contributed by atoms with van der Waals surface area (Å²) >= 11 is 0. The van der Waals surface area contributed by atoms with Gasteiger partial charge in [-0.2, -0.15) is 10.2 Å². The number of nitriles is 1. The lowest BCUT2D eigenvalue weighted by Gasteiger charge is -2.12. The van der Waals surface area contributed by atoms with Gasteiger partial charge in [0, 0.05) is 11.8 Å². The molecule has 0 saturated heterocycles. The second kappa shape index (κ2) is 7.73. The van der Waals surface area contributed by atoms with Crippen molar-refractivity contribution >= 4 is 11.5 Å². The minimum atomic E-state index is -0.558. The van der Waals surface area contributed by atoms with E-state index in [-0.39, 0.29) is 23.2 Å². The number of anilines is 1. The number of nitrogens with two attached hydrogens (primary N) is 1. The highest BCUT2D eigenvalue weighted by molar-refractivity contribution is 5.83. The smallest absolute Gasteiger partial charge is 0.342 e. The van der Waals surface area contributed by atoms with Gasteiger partial charge < -0.3 is 10.5 Å². The maximum Gasteiger partial charge on any atom is 0.342 e. The van der Waals surface area contributed by atoms with Gasteiger partial charge in [-0.15, -0.1) is 5.10 Å². The maximum absolute atomic E-state index is 14.1. The Morgan fingerprint density at radius 1 is 1.03 bits per heavy atom. The molecular formula is C22H13FN8O. The monoisotopic (exact) mass is 424 g/mol. The number of hydrogen-bond donors (Lipinski definition) is 1. The Morgan fingerprint density at radius 2 is 1.84 bits per heavy atom. The Hall–Kier alpha value is -4.91. The molecule has 3 heterocycles. The molecule has 3 aromatic heterocycles. The Kier molecular flexibility index (Phi) is 4.61. The van der Waals surface area contributed by atoms with E-state index in [1.165, 1.54) is 23.0 Å². The predicted octanol–water partition coefficient (Wildman–Crippen LogP) is 3.63. The summed E-state index contributed by atoms with van der Waals surface area (Å²) in [5.74, 6) is -0.535. The molecule has 0 saturated carbocycles. The molecule has 5 rings (SSSR count). The summed E-state index contributed by atoms with van der Waals surface area (Å²) in [4.78, 5) is 17.1. The van der Waals surface area contributed by atoms with Gasteiger partial charge in [0.2, 0.25) is 5.65 Å².